The van der Waals surface area contributed by atoms with Gasteiger partial charge in [-0.25, -0.2) is 9.69 Å². The molecule has 6 nitrogen and oxygen atoms in total. The van der Waals surface area contributed by atoms with Crippen LogP contribution in [0.15, 0.2) is 77.5 Å². The summed E-state index contributed by atoms with van der Waals surface area (Å²) in [7, 11) is 0. The average molecular weight is 502 g/mol. The third-order valence-corrected chi connectivity index (χ3v) is 5.95. The number of hydrogen-bond acceptors (Lipinski definition) is 5. The molecule has 166 valence electrons. The number of amides is 2. The average Bonchev–Trinajstić information content (AvgIpc) is 2.99. The summed E-state index contributed by atoms with van der Waals surface area (Å²) in [5, 5.41) is 2.80. The summed E-state index contributed by atoms with van der Waals surface area (Å²) in [5.41, 5.74) is 1.73. The van der Waals surface area contributed by atoms with Crippen LogP contribution in [0, 0.1) is 6.92 Å². The highest BCUT2D eigenvalue weighted by molar-refractivity contribution is 6.54. The zero-order chi connectivity index (χ0) is 23.7. The number of aryl methyl sites for hydroxylation is 1. The Labute approximate surface area is 204 Å². The van der Waals surface area contributed by atoms with Gasteiger partial charge in [-0.1, -0.05) is 53.0 Å². The predicted molar refractivity (Wildman–Crippen MR) is 128 cm³/mol. The van der Waals surface area contributed by atoms with Gasteiger partial charge in [-0.05, 0) is 61.0 Å². The summed E-state index contributed by atoms with van der Waals surface area (Å²) in [6.07, 6.45) is 0. The van der Waals surface area contributed by atoms with E-state index >= 15 is 0 Å². The van der Waals surface area contributed by atoms with Gasteiger partial charge in [0.2, 0.25) is 0 Å². The van der Waals surface area contributed by atoms with E-state index < -0.39 is 17.8 Å². The van der Waals surface area contributed by atoms with Gasteiger partial charge in [-0.3, -0.25) is 9.59 Å². The summed E-state index contributed by atoms with van der Waals surface area (Å²) in [5.74, 6) is -1.50. The number of hydrogen-bond donors (Lipinski definition) is 1. The first kappa shape index (κ1) is 22.9. The molecule has 0 saturated carbocycles. The third-order valence-electron chi connectivity index (χ3n) is 4.79. The molecule has 1 N–H and O–H groups in total. The van der Waals surface area contributed by atoms with E-state index in [0.717, 1.165) is 10.5 Å². The molecular formula is C24H15Cl3N2O4. The van der Waals surface area contributed by atoms with Crippen molar-refractivity contribution in [2.24, 2.45) is 0 Å². The summed E-state index contributed by atoms with van der Waals surface area (Å²) in [4.78, 5) is 38.8. The molecule has 0 atom stereocenters. The Kier molecular flexibility index (Phi) is 6.42. The first-order valence-electron chi connectivity index (χ1n) is 9.65. The SMILES string of the molecule is Cc1cccc(OC(=O)c2ccc(NC3=C(Cl)C(=O)N(c4cccc(Cl)c4Cl)C3=O)cc2)c1. The molecule has 3 aromatic carbocycles. The lowest BCUT2D eigenvalue weighted by molar-refractivity contribution is -0.120. The van der Waals surface area contributed by atoms with Crippen LogP contribution in [0.25, 0.3) is 0 Å². The number of nitrogens with zero attached hydrogens (tertiary/aromatic N) is 1. The molecule has 0 unspecified atom stereocenters. The molecule has 1 heterocycles. The monoisotopic (exact) mass is 500 g/mol. The van der Waals surface area contributed by atoms with Crippen LogP contribution in [0.5, 0.6) is 5.75 Å². The van der Waals surface area contributed by atoms with E-state index in [2.05, 4.69) is 5.32 Å². The molecule has 1 aliphatic heterocycles. The number of rotatable bonds is 5. The van der Waals surface area contributed by atoms with E-state index in [1.165, 1.54) is 24.3 Å². The molecule has 0 aromatic heterocycles. The van der Waals surface area contributed by atoms with Crippen LogP contribution in [0.3, 0.4) is 0 Å². The van der Waals surface area contributed by atoms with Crippen LogP contribution in [-0.4, -0.2) is 17.8 Å². The van der Waals surface area contributed by atoms with Gasteiger partial charge in [0.05, 0.1) is 21.3 Å². The summed E-state index contributed by atoms with van der Waals surface area (Å²) < 4.78 is 5.37. The smallest absolute Gasteiger partial charge is 0.343 e. The molecule has 0 radical (unpaired) electrons. The van der Waals surface area contributed by atoms with Gasteiger partial charge < -0.3 is 10.1 Å². The normalized spacial score (nSPS) is 13.5. The van der Waals surface area contributed by atoms with Crippen LogP contribution >= 0.6 is 34.8 Å². The fourth-order valence-corrected chi connectivity index (χ4v) is 3.77. The van der Waals surface area contributed by atoms with Gasteiger partial charge >= 0.3 is 5.97 Å². The predicted octanol–water partition coefficient (Wildman–Crippen LogP) is 5.96. The zero-order valence-corrected chi connectivity index (χ0v) is 19.3. The Hall–Kier alpha value is -3.32. The van der Waals surface area contributed by atoms with Crippen molar-refractivity contribution < 1.29 is 19.1 Å². The quantitative estimate of drug-likeness (QED) is 0.265. The third kappa shape index (κ3) is 4.59. The van der Waals surface area contributed by atoms with Crippen molar-refractivity contribution in [3.8, 4) is 5.75 Å². The number of benzene rings is 3. The number of esters is 1. The molecule has 0 aliphatic carbocycles. The maximum atomic E-state index is 12.9. The fourth-order valence-electron chi connectivity index (χ4n) is 3.17. The van der Waals surface area contributed by atoms with Crippen LogP contribution in [0.2, 0.25) is 10.0 Å². The molecule has 4 rings (SSSR count). The summed E-state index contributed by atoms with van der Waals surface area (Å²) >= 11 is 18.3. The van der Waals surface area contributed by atoms with Gasteiger partial charge in [-0.2, -0.15) is 0 Å². The highest BCUT2D eigenvalue weighted by atomic mass is 35.5. The van der Waals surface area contributed by atoms with Crippen LogP contribution in [0.4, 0.5) is 11.4 Å². The molecule has 9 heteroatoms. The van der Waals surface area contributed by atoms with E-state index in [-0.39, 0.29) is 26.5 Å². The highest BCUT2D eigenvalue weighted by Gasteiger charge is 2.40. The maximum absolute atomic E-state index is 12.9. The van der Waals surface area contributed by atoms with E-state index in [1.54, 1.807) is 36.4 Å². The number of ether oxygens (including phenoxy) is 1. The van der Waals surface area contributed by atoms with Crippen molar-refractivity contribution in [2.45, 2.75) is 6.92 Å². The molecule has 0 bridgehead atoms. The molecule has 0 fully saturated rings. The van der Waals surface area contributed by atoms with Crippen molar-refractivity contribution in [3.05, 3.63) is 98.6 Å². The minimum atomic E-state index is -0.730. The second kappa shape index (κ2) is 9.27. The summed E-state index contributed by atoms with van der Waals surface area (Å²) in [6, 6.07) is 17.9. The Morgan fingerprint density at radius 1 is 0.909 bits per heavy atom. The molecule has 2 amide bonds. The molecule has 3 aromatic rings. The molecule has 33 heavy (non-hydrogen) atoms. The van der Waals surface area contributed by atoms with Crippen LogP contribution in [-0.2, 0) is 9.59 Å². The Balaban J connectivity index is 1.50. The van der Waals surface area contributed by atoms with Gasteiger partial charge in [0.25, 0.3) is 11.8 Å². The van der Waals surface area contributed by atoms with Gasteiger partial charge in [0.1, 0.15) is 16.5 Å². The minimum Gasteiger partial charge on any atom is -0.423 e. The maximum Gasteiger partial charge on any atom is 0.343 e. The van der Waals surface area contributed by atoms with Gasteiger partial charge in [0, 0.05) is 5.69 Å². The van der Waals surface area contributed by atoms with Crippen molar-refractivity contribution in [1.29, 1.82) is 0 Å². The second-order valence-electron chi connectivity index (χ2n) is 7.12. The fraction of sp³-hybridized carbons (Fsp3) is 0.0417. The summed E-state index contributed by atoms with van der Waals surface area (Å²) in [6.45, 7) is 1.90. The topological polar surface area (TPSA) is 75.7 Å². The number of carbonyl (C=O) groups is 3. The Morgan fingerprint density at radius 2 is 1.61 bits per heavy atom. The van der Waals surface area contributed by atoms with E-state index in [9.17, 15) is 14.4 Å². The van der Waals surface area contributed by atoms with Crippen LogP contribution in [0.1, 0.15) is 15.9 Å². The molecular weight excluding hydrogens is 487 g/mol. The molecule has 0 saturated heterocycles. The lowest BCUT2D eigenvalue weighted by atomic mass is 10.2. The van der Waals surface area contributed by atoms with E-state index in [1.807, 2.05) is 13.0 Å². The van der Waals surface area contributed by atoms with Crippen LogP contribution < -0.4 is 15.0 Å². The highest BCUT2D eigenvalue weighted by Crippen LogP contribution is 2.37. The minimum absolute atomic E-state index is 0.0584. The molecule has 0 spiro atoms. The number of imide groups is 1. The molecule has 1 aliphatic rings. The van der Waals surface area contributed by atoms with Gasteiger partial charge in [0.15, 0.2) is 0 Å². The number of anilines is 2. The first-order chi connectivity index (χ1) is 15.8. The second-order valence-corrected chi connectivity index (χ2v) is 8.28. The number of halogens is 3. The number of nitrogens with one attached hydrogen (secondary N) is 1. The largest absolute Gasteiger partial charge is 0.423 e. The van der Waals surface area contributed by atoms with Gasteiger partial charge in [-0.15, -0.1) is 0 Å². The first-order valence-corrected chi connectivity index (χ1v) is 10.8. The van der Waals surface area contributed by atoms with E-state index in [4.69, 9.17) is 39.5 Å². The van der Waals surface area contributed by atoms with Crippen molar-refractivity contribution in [1.82, 2.24) is 0 Å². The van der Waals surface area contributed by atoms with Crippen molar-refractivity contribution in [3.63, 3.8) is 0 Å². The van der Waals surface area contributed by atoms with E-state index in [0.29, 0.717) is 17.0 Å². The Morgan fingerprint density at radius 3 is 2.30 bits per heavy atom. The lowest BCUT2D eigenvalue weighted by Gasteiger charge is -2.17. The lowest BCUT2D eigenvalue weighted by Crippen LogP contribution is -2.32. The standard InChI is InChI=1S/C24H15Cl3N2O4/c1-13-4-2-5-16(12-13)33-24(32)14-8-10-15(11-9-14)28-21-20(27)22(30)29(23(21)31)18-7-3-6-17(25)19(18)26/h2-12,28H,1H3. The zero-order valence-electron chi connectivity index (χ0n) is 17.1. The van der Waals surface area contributed by atoms with Crippen molar-refractivity contribution in [2.75, 3.05) is 10.2 Å². The Bertz CT molecular complexity index is 1320. The number of carbonyl (C=O) groups excluding carboxylic acids is 3. The van der Waals surface area contributed by atoms with Crippen molar-refractivity contribution >= 4 is 64.0 Å².